The Morgan fingerprint density at radius 3 is 2.00 bits per heavy atom. The highest BCUT2D eigenvalue weighted by Crippen LogP contribution is 2.36. The van der Waals surface area contributed by atoms with E-state index in [0.29, 0.717) is 0 Å². The average Bonchev–Trinajstić information content (AvgIpc) is 3.02. The largest absolute Gasteiger partial charge is 0.498 e. The maximum Gasteiger partial charge on any atom is 0.498 e. The predicted molar refractivity (Wildman–Crippen MR) is 94.7 cm³/mol. The standard InChI is InChI=1S/C10H17BN2O2.C8H10/c1-9(2)10(3,4)15-11(14-9)8-6-12-13(5)7-8;1-2-8-6-4-3-5-7-8/h6-7H,1-5H3;3-7H,2H2,1H3. The Labute approximate surface area is 139 Å². The first-order chi connectivity index (χ1) is 10.7. The first-order valence-electron chi connectivity index (χ1n) is 8.13. The van der Waals surface area contributed by atoms with Gasteiger partial charge in [-0.2, -0.15) is 5.10 Å². The lowest BCUT2D eigenvalue weighted by molar-refractivity contribution is 0.00578. The van der Waals surface area contributed by atoms with Gasteiger partial charge in [-0.15, -0.1) is 0 Å². The third-order valence-corrected chi connectivity index (χ3v) is 4.50. The number of hydrogen-bond acceptors (Lipinski definition) is 3. The molecule has 0 spiro atoms. The van der Waals surface area contributed by atoms with Crippen LogP contribution in [0.15, 0.2) is 42.7 Å². The van der Waals surface area contributed by atoms with Crippen molar-refractivity contribution in [2.45, 2.75) is 52.2 Å². The first kappa shape index (κ1) is 17.8. The van der Waals surface area contributed by atoms with Crippen LogP contribution in [0.4, 0.5) is 0 Å². The number of aryl methyl sites for hydroxylation is 2. The molecule has 0 atom stereocenters. The summed E-state index contributed by atoms with van der Waals surface area (Å²) in [5, 5.41) is 4.11. The molecule has 0 N–H and O–H groups in total. The molecule has 0 aliphatic carbocycles. The van der Waals surface area contributed by atoms with Crippen LogP contribution >= 0.6 is 0 Å². The van der Waals surface area contributed by atoms with Gasteiger partial charge in [0.25, 0.3) is 0 Å². The van der Waals surface area contributed by atoms with Crippen LogP contribution in [0.25, 0.3) is 0 Å². The van der Waals surface area contributed by atoms with E-state index in [1.807, 2.05) is 47.0 Å². The third kappa shape index (κ3) is 4.24. The van der Waals surface area contributed by atoms with Gasteiger partial charge in [-0.1, -0.05) is 37.3 Å². The molecule has 0 bridgehead atoms. The summed E-state index contributed by atoms with van der Waals surface area (Å²) in [6.07, 6.45) is 4.84. The van der Waals surface area contributed by atoms with Crippen LogP contribution in [0.1, 0.15) is 40.2 Å². The quantitative estimate of drug-likeness (QED) is 0.800. The Balaban J connectivity index is 0.000000203. The van der Waals surface area contributed by atoms with E-state index in [4.69, 9.17) is 9.31 Å². The molecule has 1 fully saturated rings. The molecule has 2 heterocycles. The normalized spacial score (nSPS) is 18.4. The lowest BCUT2D eigenvalue weighted by Crippen LogP contribution is -2.41. The average molecular weight is 314 g/mol. The molecule has 1 aliphatic rings. The second-order valence-electron chi connectivity index (χ2n) is 6.87. The molecule has 0 amide bonds. The van der Waals surface area contributed by atoms with Crippen molar-refractivity contribution < 1.29 is 9.31 Å². The fourth-order valence-corrected chi connectivity index (χ4v) is 2.25. The van der Waals surface area contributed by atoms with Gasteiger partial charge in [0.1, 0.15) is 0 Å². The monoisotopic (exact) mass is 314 g/mol. The molecule has 1 aromatic heterocycles. The predicted octanol–water partition coefficient (Wildman–Crippen LogP) is 2.97. The zero-order valence-corrected chi connectivity index (χ0v) is 15.0. The highest BCUT2D eigenvalue weighted by atomic mass is 16.7. The van der Waals surface area contributed by atoms with Crippen molar-refractivity contribution in [3.05, 3.63) is 48.3 Å². The zero-order chi connectivity index (χ0) is 17.1. The van der Waals surface area contributed by atoms with Gasteiger partial charge in [0.15, 0.2) is 0 Å². The Kier molecular flexibility index (Phi) is 5.32. The lowest BCUT2D eigenvalue weighted by Gasteiger charge is -2.32. The maximum atomic E-state index is 5.89. The molecule has 1 aliphatic heterocycles. The fraction of sp³-hybridized carbons (Fsp3) is 0.500. The Morgan fingerprint density at radius 1 is 1.04 bits per heavy atom. The van der Waals surface area contributed by atoms with Gasteiger partial charge in [0.2, 0.25) is 0 Å². The summed E-state index contributed by atoms with van der Waals surface area (Å²) in [5.74, 6) is 0. The van der Waals surface area contributed by atoms with Crippen molar-refractivity contribution in [1.29, 1.82) is 0 Å². The Bertz CT molecular complexity index is 607. The van der Waals surface area contributed by atoms with Crippen molar-refractivity contribution in [3.8, 4) is 0 Å². The van der Waals surface area contributed by atoms with E-state index < -0.39 is 0 Å². The molecular formula is C18H27BN2O2. The van der Waals surface area contributed by atoms with Gasteiger partial charge in [0.05, 0.1) is 11.2 Å². The van der Waals surface area contributed by atoms with Gasteiger partial charge >= 0.3 is 7.12 Å². The summed E-state index contributed by atoms with van der Waals surface area (Å²) in [6.45, 7) is 10.3. The van der Waals surface area contributed by atoms with Crippen molar-refractivity contribution in [2.24, 2.45) is 7.05 Å². The molecule has 0 radical (unpaired) electrons. The Morgan fingerprint density at radius 2 is 1.61 bits per heavy atom. The van der Waals surface area contributed by atoms with Crippen LogP contribution in [0.2, 0.25) is 0 Å². The van der Waals surface area contributed by atoms with E-state index in [1.54, 1.807) is 10.9 Å². The molecule has 23 heavy (non-hydrogen) atoms. The van der Waals surface area contributed by atoms with Gasteiger partial charge in [-0.25, -0.2) is 0 Å². The number of aromatic nitrogens is 2. The van der Waals surface area contributed by atoms with Gasteiger partial charge in [-0.3, -0.25) is 4.68 Å². The third-order valence-electron chi connectivity index (χ3n) is 4.50. The number of hydrogen-bond donors (Lipinski definition) is 0. The zero-order valence-electron chi connectivity index (χ0n) is 15.0. The lowest BCUT2D eigenvalue weighted by atomic mass is 9.82. The highest BCUT2D eigenvalue weighted by molar-refractivity contribution is 6.61. The Hall–Kier alpha value is -1.59. The van der Waals surface area contributed by atoms with Gasteiger partial charge in [0, 0.05) is 24.9 Å². The fourth-order valence-electron chi connectivity index (χ4n) is 2.25. The highest BCUT2D eigenvalue weighted by Gasteiger charge is 2.52. The first-order valence-corrected chi connectivity index (χ1v) is 8.13. The molecule has 5 heteroatoms. The van der Waals surface area contributed by atoms with Crippen LogP contribution in [0.3, 0.4) is 0 Å². The van der Waals surface area contributed by atoms with Crippen LogP contribution in [0, 0.1) is 0 Å². The van der Waals surface area contributed by atoms with Gasteiger partial charge in [-0.05, 0) is 39.7 Å². The second kappa shape index (κ2) is 6.89. The van der Waals surface area contributed by atoms with Crippen LogP contribution in [-0.4, -0.2) is 28.1 Å². The summed E-state index contributed by atoms with van der Waals surface area (Å²) >= 11 is 0. The summed E-state index contributed by atoms with van der Waals surface area (Å²) in [7, 11) is 1.58. The van der Waals surface area contributed by atoms with E-state index in [1.165, 1.54) is 5.56 Å². The summed E-state index contributed by atoms with van der Waals surface area (Å²) in [5.41, 5.74) is 1.81. The topological polar surface area (TPSA) is 36.3 Å². The van der Waals surface area contributed by atoms with Crippen LogP contribution in [-0.2, 0) is 22.8 Å². The molecule has 4 nitrogen and oxygen atoms in total. The molecule has 1 saturated heterocycles. The van der Waals surface area contributed by atoms with Crippen molar-refractivity contribution in [3.63, 3.8) is 0 Å². The van der Waals surface area contributed by atoms with E-state index >= 15 is 0 Å². The maximum absolute atomic E-state index is 5.89. The SMILES string of the molecule is CCc1ccccc1.Cn1cc(B2OC(C)(C)C(C)(C)O2)cn1. The second-order valence-corrected chi connectivity index (χ2v) is 6.87. The number of benzene rings is 1. The van der Waals surface area contributed by atoms with Crippen molar-refractivity contribution in [2.75, 3.05) is 0 Å². The van der Waals surface area contributed by atoms with E-state index in [0.717, 1.165) is 11.9 Å². The minimum absolute atomic E-state index is 0.284. The molecule has 2 aromatic rings. The van der Waals surface area contributed by atoms with Crippen molar-refractivity contribution in [1.82, 2.24) is 9.78 Å². The smallest absolute Gasteiger partial charge is 0.399 e. The minimum atomic E-state index is -0.302. The molecule has 0 saturated carbocycles. The summed E-state index contributed by atoms with van der Waals surface area (Å²) in [4.78, 5) is 0. The molecule has 0 unspecified atom stereocenters. The van der Waals surface area contributed by atoms with E-state index in [2.05, 4.69) is 36.3 Å². The molecule has 1 aromatic carbocycles. The van der Waals surface area contributed by atoms with E-state index in [9.17, 15) is 0 Å². The number of nitrogens with zero attached hydrogens (tertiary/aromatic N) is 2. The van der Waals surface area contributed by atoms with Crippen molar-refractivity contribution >= 4 is 12.6 Å². The summed E-state index contributed by atoms with van der Waals surface area (Å²) in [6, 6.07) is 10.5. The minimum Gasteiger partial charge on any atom is -0.399 e. The summed E-state index contributed by atoms with van der Waals surface area (Å²) < 4.78 is 13.5. The van der Waals surface area contributed by atoms with Crippen LogP contribution in [0.5, 0.6) is 0 Å². The molecule has 124 valence electrons. The van der Waals surface area contributed by atoms with E-state index in [-0.39, 0.29) is 18.3 Å². The molecule has 3 rings (SSSR count). The molecular weight excluding hydrogens is 287 g/mol. The van der Waals surface area contributed by atoms with Crippen LogP contribution < -0.4 is 5.46 Å². The van der Waals surface area contributed by atoms with Gasteiger partial charge < -0.3 is 9.31 Å². The number of rotatable bonds is 2.